The summed E-state index contributed by atoms with van der Waals surface area (Å²) in [6.45, 7) is 0.891. The normalized spacial score (nSPS) is 28.9. The first-order chi connectivity index (χ1) is 9.27. The van der Waals surface area contributed by atoms with Gasteiger partial charge in [-0.1, -0.05) is 0 Å². The van der Waals surface area contributed by atoms with E-state index in [4.69, 9.17) is 15.6 Å². The highest BCUT2D eigenvalue weighted by molar-refractivity contribution is 5.84. The third-order valence-corrected chi connectivity index (χ3v) is 2.86. The average molecular weight is 290 g/mol. The predicted octanol–water partition coefficient (Wildman–Crippen LogP) is -3.10. The van der Waals surface area contributed by atoms with E-state index in [0.29, 0.717) is 0 Å². The van der Waals surface area contributed by atoms with Gasteiger partial charge in [-0.25, -0.2) is 4.79 Å². The lowest BCUT2D eigenvalue weighted by molar-refractivity contribution is -0.147. The number of hydrogen-bond acceptors (Lipinski definition) is 7. The Hall–Kier alpha value is -1.68. The lowest BCUT2D eigenvalue weighted by Crippen LogP contribution is -2.60. The van der Waals surface area contributed by atoms with Crippen molar-refractivity contribution in [1.29, 1.82) is 0 Å². The van der Waals surface area contributed by atoms with Crippen LogP contribution in [-0.4, -0.2) is 69.3 Å². The summed E-state index contributed by atoms with van der Waals surface area (Å²) in [4.78, 5) is 22.0. The topological polar surface area (TPSA) is 162 Å². The maximum absolute atomic E-state index is 11.1. The molecule has 1 aliphatic heterocycles. The molecule has 1 rings (SSSR count). The van der Waals surface area contributed by atoms with Gasteiger partial charge in [0.15, 0.2) is 6.10 Å². The zero-order valence-electron chi connectivity index (χ0n) is 10.8. The first-order valence-corrected chi connectivity index (χ1v) is 5.91. The van der Waals surface area contributed by atoms with Crippen molar-refractivity contribution in [3.8, 4) is 0 Å². The van der Waals surface area contributed by atoms with E-state index in [1.165, 1.54) is 6.92 Å². The van der Waals surface area contributed by atoms with E-state index in [9.17, 15) is 24.9 Å². The van der Waals surface area contributed by atoms with Gasteiger partial charge < -0.3 is 36.2 Å². The van der Waals surface area contributed by atoms with Gasteiger partial charge >= 0.3 is 5.97 Å². The first-order valence-electron chi connectivity index (χ1n) is 5.91. The number of nitrogens with two attached hydrogens (primary N) is 1. The highest BCUT2D eigenvalue weighted by Gasteiger charge is 2.42. The minimum atomic E-state index is -1.57. The lowest BCUT2D eigenvalue weighted by Gasteiger charge is -2.38. The van der Waals surface area contributed by atoms with Crippen molar-refractivity contribution >= 4 is 11.9 Å². The van der Waals surface area contributed by atoms with Crippen LogP contribution in [0.25, 0.3) is 0 Å². The van der Waals surface area contributed by atoms with Crippen LogP contribution in [0.5, 0.6) is 0 Å². The van der Waals surface area contributed by atoms with Crippen molar-refractivity contribution < 1.29 is 34.8 Å². The van der Waals surface area contributed by atoms with E-state index in [1.807, 2.05) is 0 Å². The largest absolute Gasteiger partial charge is 0.478 e. The molecule has 1 unspecified atom stereocenters. The molecule has 0 spiro atoms. The summed E-state index contributed by atoms with van der Waals surface area (Å²) in [5, 5.41) is 40.5. The number of carbonyl (C=O) groups excluding carboxylic acids is 1. The lowest BCUT2D eigenvalue weighted by atomic mass is 9.93. The Kier molecular flexibility index (Phi) is 5.45. The molecule has 20 heavy (non-hydrogen) atoms. The number of rotatable bonds is 5. The zero-order valence-corrected chi connectivity index (χ0v) is 10.8. The molecule has 0 saturated carbocycles. The van der Waals surface area contributed by atoms with E-state index >= 15 is 0 Å². The first kappa shape index (κ1) is 16.4. The van der Waals surface area contributed by atoms with Crippen LogP contribution in [0.1, 0.15) is 6.92 Å². The summed E-state index contributed by atoms with van der Waals surface area (Å²) in [5.74, 6) is -2.53. The van der Waals surface area contributed by atoms with Crippen molar-refractivity contribution in [2.75, 3.05) is 6.54 Å². The van der Waals surface area contributed by atoms with E-state index in [2.05, 4.69) is 5.32 Å². The summed E-state index contributed by atoms with van der Waals surface area (Å²) in [5.41, 5.74) is 5.21. The van der Waals surface area contributed by atoms with Crippen LogP contribution >= 0.6 is 0 Å². The molecule has 0 aromatic carbocycles. The number of nitrogens with one attached hydrogen (secondary N) is 1. The summed E-state index contributed by atoms with van der Waals surface area (Å²) >= 11 is 0. The average Bonchev–Trinajstić information content (AvgIpc) is 2.38. The van der Waals surface area contributed by atoms with Crippen molar-refractivity contribution in [2.45, 2.75) is 37.4 Å². The molecule has 0 fully saturated rings. The monoisotopic (exact) mass is 290 g/mol. The standard InChI is InChI=1S/C11H18N2O7/c1-4(14)13-8-5(15)2-7(11(18)19)20-10(8)9(17)6(16)3-12/h2,5-6,8-10,15-17H,3,12H2,1H3,(H,13,14)(H,18,19)/t5-,6-,8-,9-,10?/m1/s1. The number of carboxylic acid groups (broad SMARTS) is 1. The number of aliphatic hydroxyl groups is 3. The molecule has 1 aliphatic rings. The smallest absolute Gasteiger partial charge is 0.370 e. The molecule has 1 heterocycles. The van der Waals surface area contributed by atoms with Gasteiger partial charge in [0.25, 0.3) is 0 Å². The molecule has 9 nitrogen and oxygen atoms in total. The van der Waals surface area contributed by atoms with Gasteiger partial charge in [-0.3, -0.25) is 4.79 Å². The van der Waals surface area contributed by atoms with Gasteiger partial charge in [0.1, 0.15) is 12.2 Å². The summed E-state index contributed by atoms with van der Waals surface area (Å²) in [6.07, 6.45) is -4.79. The van der Waals surface area contributed by atoms with Crippen molar-refractivity contribution in [3.05, 3.63) is 11.8 Å². The molecule has 9 heteroatoms. The van der Waals surface area contributed by atoms with E-state index in [-0.39, 0.29) is 6.54 Å². The fourth-order valence-corrected chi connectivity index (χ4v) is 1.88. The Morgan fingerprint density at radius 3 is 2.55 bits per heavy atom. The molecular weight excluding hydrogens is 272 g/mol. The predicted molar refractivity (Wildman–Crippen MR) is 65.3 cm³/mol. The molecular formula is C11H18N2O7. The molecule has 5 atom stereocenters. The van der Waals surface area contributed by atoms with Crippen LogP contribution in [-0.2, 0) is 14.3 Å². The van der Waals surface area contributed by atoms with Crippen LogP contribution in [0, 0.1) is 0 Å². The molecule has 0 aromatic heterocycles. The van der Waals surface area contributed by atoms with Crippen molar-refractivity contribution in [3.63, 3.8) is 0 Å². The number of aliphatic carboxylic acids is 1. The van der Waals surface area contributed by atoms with Crippen LogP contribution in [0.2, 0.25) is 0 Å². The Balaban J connectivity index is 3.04. The van der Waals surface area contributed by atoms with Gasteiger partial charge in [0.2, 0.25) is 11.7 Å². The molecule has 0 aliphatic carbocycles. The zero-order chi connectivity index (χ0) is 15.4. The minimum Gasteiger partial charge on any atom is -0.478 e. The number of ether oxygens (including phenoxy) is 1. The number of hydrogen-bond donors (Lipinski definition) is 6. The molecule has 7 N–H and O–H groups in total. The van der Waals surface area contributed by atoms with Crippen LogP contribution in [0.4, 0.5) is 0 Å². The van der Waals surface area contributed by atoms with E-state index in [1.54, 1.807) is 0 Å². The fraction of sp³-hybridized carbons (Fsp3) is 0.636. The fourth-order valence-electron chi connectivity index (χ4n) is 1.88. The summed E-state index contributed by atoms with van der Waals surface area (Å²) < 4.78 is 5.04. The van der Waals surface area contributed by atoms with Gasteiger partial charge in [-0.05, 0) is 6.08 Å². The maximum Gasteiger partial charge on any atom is 0.370 e. The van der Waals surface area contributed by atoms with Gasteiger partial charge in [-0.15, -0.1) is 0 Å². The minimum absolute atomic E-state index is 0.296. The van der Waals surface area contributed by atoms with Gasteiger partial charge in [-0.2, -0.15) is 0 Å². The molecule has 0 radical (unpaired) electrons. The van der Waals surface area contributed by atoms with Gasteiger partial charge in [0, 0.05) is 13.5 Å². The SMILES string of the molecule is CC(=O)N[C@H]1C([C@H](O)[C@H](O)CN)OC(C(=O)O)=C[C@H]1O. The summed E-state index contributed by atoms with van der Waals surface area (Å²) in [6, 6.07) is -1.10. The molecule has 114 valence electrons. The van der Waals surface area contributed by atoms with Crippen LogP contribution in [0.15, 0.2) is 11.8 Å². The molecule has 0 aromatic rings. The number of carboxylic acids is 1. The van der Waals surface area contributed by atoms with Crippen molar-refractivity contribution in [1.82, 2.24) is 5.32 Å². The number of aliphatic hydroxyl groups excluding tert-OH is 3. The quantitative estimate of drug-likeness (QED) is 0.310. The number of amides is 1. The Morgan fingerprint density at radius 2 is 2.10 bits per heavy atom. The molecule has 0 saturated heterocycles. The third kappa shape index (κ3) is 3.67. The number of carbonyl (C=O) groups is 2. The Bertz CT molecular complexity index is 412. The second-order valence-electron chi connectivity index (χ2n) is 4.43. The molecule has 0 bridgehead atoms. The maximum atomic E-state index is 11.1. The van der Waals surface area contributed by atoms with Gasteiger partial charge in [0.05, 0.1) is 12.1 Å². The van der Waals surface area contributed by atoms with E-state index < -0.39 is 48.1 Å². The second-order valence-corrected chi connectivity index (χ2v) is 4.43. The summed E-state index contributed by atoms with van der Waals surface area (Å²) in [7, 11) is 0. The highest BCUT2D eigenvalue weighted by atomic mass is 16.5. The highest BCUT2D eigenvalue weighted by Crippen LogP contribution is 2.22. The van der Waals surface area contributed by atoms with Crippen LogP contribution in [0.3, 0.4) is 0 Å². The second kappa shape index (κ2) is 6.66. The van der Waals surface area contributed by atoms with Crippen molar-refractivity contribution in [2.24, 2.45) is 5.73 Å². The van der Waals surface area contributed by atoms with E-state index in [0.717, 1.165) is 6.08 Å². The Morgan fingerprint density at radius 1 is 1.50 bits per heavy atom. The van der Waals surface area contributed by atoms with Crippen LogP contribution < -0.4 is 11.1 Å². The Labute approximate surface area is 114 Å². The molecule has 1 amide bonds. The third-order valence-electron chi connectivity index (χ3n) is 2.86.